The molecule has 0 saturated carbocycles. The maximum absolute atomic E-state index is 5.88. The normalized spacial score (nSPS) is 16.2. The number of nitrogens with zero attached hydrogens (tertiary/aromatic N) is 3. The molecule has 4 nitrogen and oxygen atoms in total. The fourth-order valence-corrected chi connectivity index (χ4v) is 3.90. The summed E-state index contributed by atoms with van der Waals surface area (Å²) in [5, 5.41) is 0. The third kappa shape index (κ3) is 3.91. The van der Waals surface area contributed by atoms with Crippen LogP contribution in [0.2, 0.25) is 0 Å². The Labute approximate surface area is 155 Å². The number of aromatic nitrogens is 2. The molecule has 0 bridgehead atoms. The molecule has 2 heterocycles. The van der Waals surface area contributed by atoms with Gasteiger partial charge >= 0.3 is 0 Å². The lowest BCUT2D eigenvalue weighted by Gasteiger charge is -2.32. The molecule has 1 saturated heterocycles. The minimum absolute atomic E-state index is 0.720. The zero-order valence-electron chi connectivity index (χ0n) is 15.5. The molecule has 0 amide bonds. The van der Waals surface area contributed by atoms with Gasteiger partial charge in [0.15, 0.2) is 0 Å². The summed E-state index contributed by atoms with van der Waals surface area (Å²) in [6.45, 7) is 6.38. The van der Waals surface area contributed by atoms with E-state index in [-0.39, 0.29) is 0 Å². The zero-order valence-corrected chi connectivity index (χ0v) is 15.5. The molecule has 0 radical (unpaired) electrons. The van der Waals surface area contributed by atoms with Crippen LogP contribution < -0.4 is 4.84 Å². The Morgan fingerprint density at radius 3 is 2.77 bits per heavy atom. The molecule has 1 aliphatic heterocycles. The molecule has 0 aliphatic carbocycles. The molecular formula is C22H27N3O. The molecule has 1 aliphatic rings. The highest BCUT2D eigenvalue weighted by Crippen LogP contribution is 2.28. The number of fused-ring (bicyclic) bond motifs is 1. The van der Waals surface area contributed by atoms with Crippen LogP contribution in [0.1, 0.15) is 36.3 Å². The lowest BCUT2D eigenvalue weighted by Crippen LogP contribution is -2.34. The summed E-state index contributed by atoms with van der Waals surface area (Å²) in [4.78, 5) is 12.8. The molecule has 4 rings (SSSR count). The van der Waals surface area contributed by atoms with Crippen molar-refractivity contribution in [2.45, 2.75) is 32.1 Å². The van der Waals surface area contributed by atoms with Crippen LogP contribution in [0.3, 0.4) is 0 Å². The van der Waals surface area contributed by atoms with Gasteiger partial charge < -0.3 is 9.74 Å². The largest absolute Gasteiger partial charge is 0.412 e. The van der Waals surface area contributed by atoms with E-state index in [4.69, 9.17) is 4.84 Å². The van der Waals surface area contributed by atoms with Crippen molar-refractivity contribution in [2.75, 3.05) is 26.2 Å². The Hall–Kier alpha value is -2.33. The molecule has 26 heavy (non-hydrogen) atoms. The van der Waals surface area contributed by atoms with Crippen molar-refractivity contribution in [3.05, 3.63) is 66.0 Å². The van der Waals surface area contributed by atoms with Crippen molar-refractivity contribution < 1.29 is 4.84 Å². The second-order valence-corrected chi connectivity index (χ2v) is 7.28. The fourth-order valence-electron chi connectivity index (χ4n) is 3.90. The first-order valence-electron chi connectivity index (χ1n) is 9.64. The number of rotatable bonds is 6. The van der Waals surface area contributed by atoms with Gasteiger partial charge in [0.05, 0.1) is 5.52 Å². The van der Waals surface area contributed by atoms with E-state index in [1.54, 1.807) is 11.1 Å². The van der Waals surface area contributed by atoms with E-state index in [0.29, 0.717) is 0 Å². The van der Waals surface area contributed by atoms with E-state index in [0.717, 1.165) is 36.5 Å². The lowest BCUT2D eigenvalue weighted by atomic mass is 9.89. The number of hydrogen-bond acceptors (Lipinski definition) is 3. The highest BCUT2D eigenvalue weighted by atomic mass is 16.7. The van der Waals surface area contributed by atoms with Crippen molar-refractivity contribution in [1.82, 2.24) is 14.6 Å². The maximum atomic E-state index is 5.88. The van der Waals surface area contributed by atoms with E-state index < -0.39 is 0 Å². The molecule has 0 N–H and O–H groups in total. The predicted octanol–water partition coefficient (Wildman–Crippen LogP) is 4.04. The topological polar surface area (TPSA) is 30.3 Å². The Bertz CT molecular complexity index is 849. The summed E-state index contributed by atoms with van der Waals surface area (Å²) in [6, 6.07) is 17.1. The summed E-state index contributed by atoms with van der Waals surface area (Å²) in [5.74, 6) is 0.722. The number of benzene rings is 2. The summed E-state index contributed by atoms with van der Waals surface area (Å²) in [5.41, 5.74) is 4.89. The van der Waals surface area contributed by atoms with Crippen LogP contribution in [0, 0.1) is 6.92 Å². The summed E-state index contributed by atoms with van der Waals surface area (Å²) in [6.07, 6.45) is 5.33. The smallest absolute Gasteiger partial charge is 0.133 e. The number of imidazole rings is 1. The van der Waals surface area contributed by atoms with Crippen LogP contribution in [-0.2, 0) is 0 Å². The molecule has 0 atom stereocenters. The lowest BCUT2D eigenvalue weighted by molar-refractivity contribution is 0.103. The first-order chi connectivity index (χ1) is 12.8. The molecule has 0 unspecified atom stereocenters. The van der Waals surface area contributed by atoms with Crippen LogP contribution in [-0.4, -0.2) is 40.9 Å². The van der Waals surface area contributed by atoms with Crippen LogP contribution in [0.15, 0.2) is 54.9 Å². The van der Waals surface area contributed by atoms with Crippen LogP contribution in [0.5, 0.6) is 0 Å². The molecule has 3 aromatic rings. The van der Waals surface area contributed by atoms with Crippen LogP contribution in [0.4, 0.5) is 0 Å². The summed E-state index contributed by atoms with van der Waals surface area (Å²) < 4.78 is 1.79. The zero-order chi connectivity index (χ0) is 17.8. The minimum atomic E-state index is 0.720. The van der Waals surface area contributed by atoms with Gasteiger partial charge in [-0.2, -0.15) is 4.73 Å². The molecule has 1 aromatic heterocycles. The second kappa shape index (κ2) is 7.92. The fraction of sp³-hybridized carbons (Fsp3) is 0.409. The standard InChI is InChI=1S/C22H27N3O/c1-18-6-4-7-20(16-18)19-10-13-24(14-11-19)12-5-15-26-25-17-23-21-8-2-3-9-22(21)25/h2-4,6-9,16-17,19H,5,10-15H2,1H3. The quantitative estimate of drug-likeness (QED) is 0.629. The van der Waals surface area contributed by atoms with Gasteiger partial charge in [-0.1, -0.05) is 42.0 Å². The Morgan fingerprint density at radius 1 is 1.08 bits per heavy atom. The van der Waals surface area contributed by atoms with Gasteiger partial charge in [0.1, 0.15) is 18.5 Å². The third-order valence-electron chi connectivity index (χ3n) is 5.37. The molecule has 1 fully saturated rings. The van der Waals surface area contributed by atoms with Gasteiger partial charge in [0.2, 0.25) is 0 Å². The number of para-hydroxylation sites is 2. The Kier molecular flexibility index (Phi) is 5.21. The van der Waals surface area contributed by atoms with E-state index in [1.807, 2.05) is 24.3 Å². The van der Waals surface area contributed by atoms with Gasteiger partial charge in [0, 0.05) is 6.54 Å². The minimum Gasteiger partial charge on any atom is -0.412 e. The molecule has 2 aromatic carbocycles. The van der Waals surface area contributed by atoms with Gasteiger partial charge in [-0.15, -0.1) is 0 Å². The first-order valence-corrected chi connectivity index (χ1v) is 9.64. The molecule has 4 heteroatoms. The van der Waals surface area contributed by atoms with Gasteiger partial charge in [0.25, 0.3) is 0 Å². The van der Waals surface area contributed by atoms with Crippen molar-refractivity contribution in [3.63, 3.8) is 0 Å². The number of piperidine rings is 1. The van der Waals surface area contributed by atoms with E-state index in [9.17, 15) is 0 Å². The number of hydrogen-bond donors (Lipinski definition) is 0. The van der Waals surface area contributed by atoms with Crippen molar-refractivity contribution in [1.29, 1.82) is 0 Å². The number of aryl methyl sites for hydroxylation is 1. The summed E-state index contributed by atoms with van der Waals surface area (Å²) in [7, 11) is 0. The SMILES string of the molecule is Cc1cccc(C2CCN(CCCOn3cnc4ccccc43)CC2)c1. The third-order valence-corrected chi connectivity index (χ3v) is 5.37. The maximum Gasteiger partial charge on any atom is 0.133 e. The monoisotopic (exact) mass is 349 g/mol. The van der Waals surface area contributed by atoms with Crippen molar-refractivity contribution in [2.24, 2.45) is 0 Å². The number of likely N-dealkylation sites (tertiary alicyclic amines) is 1. The Morgan fingerprint density at radius 2 is 1.92 bits per heavy atom. The highest BCUT2D eigenvalue weighted by Gasteiger charge is 2.20. The van der Waals surface area contributed by atoms with Crippen LogP contribution >= 0.6 is 0 Å². The second-order valence-electron chi connectivity index (χ2n) is 7.28. The highest BCUT2D eigenvalue weighted by molar-refractivity contribution is 5.74. The predicted molar refractivity (Wildman–Crippen MR) is 105 cm³/mol. The first kappa shape index (κ1) is 17.1. The average molecular weight is 349 g/mol. The molecular weight excluding hydrogens is 322 g/mol. The van der Waals surface area contributed by atoms with Gasteiger partial charge in [-0.25, -0.2) is 4.98 Å². The van der Waals surface area contributed by atoms with E-state index in [1.165, 1.54) is 37.1 Å². The van der Waals surface area contributed by atoms with E-state index in [2.05, 4.69) is 41.1 Å². The van der Waals surface area contributed by atoms with Crippen molar-refractivity contribution >= 4 is 11.0 Å². The van der Waals surface area contributed by atoms with E-state index >= 15 is 0 Å². The molecule has 136 valence electrons. The van der Waals surface area contributed by atoms with Gasteiger partial charge in [-0.05, 0) is 62.9 Å². The Balaban J connectivity index is 1.20. The van der Waals surface area contributed by atoms with Gasteiger partial charge in [-0.3, -0.25) is 0 Å². The van der Waals surface area contributed by atoms with Crippen molar-refractivity contribution in [3.8, 4) is 0 Å². The summed E-state index contributed by atoms with van der Waals surface area (Å²) >= 11 is 0. The average Bonchev–Trinajstić information content (AvgIpc) is 3.09. The van der Waals surface area contributed by atoms with Crippen LogP contribution in [0.25, 0.3) is 11.0 Å². The molecule has 0 spiro atoms.